The Morgan fingerprint density at radius 2 is 1.95 bits per heavy atom. The Balaban J connectivity index is 1.61. The average molecular weight is 621 g/mol. The first-order valence-corrected chi connectivity index (χ1v) is 14.4. The first kappa shape index (κ1) is 29.8. The van der Waals surface area contributed by atoms with E-state index in [0.29, 0.717) is 41.1 Å². The van der Waals surface area contributed by atoms with Gasteiger partial charge in [-0.1, -0.05) is 35.1 Å². The third-order valence-electron chi connectivity index (χ3n) is 6.99. The molecule has 3 heterocycles. The van der Waals surface area contributed by atoms with E-state index in [9.17, 15) is 27.9 Å². The number of rotatable bonds is 4. The number of thiazole rings is 1. The lowest BCUT2D eigenvalue weighted by atomic mass is 9.96. The van der Waals surface area contributed by atoms with Crippen LogP contribution in [0.3, 0.4) is 0 Å². The zero-order chi connectivity index (χ0) is 30.4. The molecule has 2 aliphatic rings. The molecule has 8 nitrogen and oxygen atoms in total. The van der Waals surface area contributed by atoms with Crippen LogP contribution < -0.4 is 15.4 Å². The highest BCUT2D eigenvalue weighted by Gasteiger charge is 2.35. The minimum Gasteiger partial charge on any atom is -0.493 e. The van der Waals surface area contributed by atoms with E-state index in [1.54, 1.807) is 39.0 Å². The standard InChI is InChI=1S/C29H28ClF3N4O4S/c1-28(2,3)41-26(39)36-10-4-5-20(15-36)37-25(38)24(42-27(37)40)21(16-7-9-23-18(11-16)14-34-35-23)12-17-6-8-19(30)13-22(17)29(31,32)33/h6-9,11,13-14,20,38H,4-5,10,12,15H2,1-3H3. The van der Waals surface area contributed by atoms with Gasteiger partial charge in [0, 0.05) is 30.1 Å². The minimum atomic E-state index is -4.68. The number of hydrogen-bond acceptors (Lipinski definition) is 7. The number of fused-ring (bicyclic) bond motifs is 1. The Morgan fingerprint density at radius 1 is 1.19 bits per heavy atom. The van der Waals surface area contributed by atoms with Gasteiger partial charge in [-0.05, 0) is 74.2 Å². The molecule has 1 unspecified atom stereocenters. The third kappa shape index (κ3) is 6.24. The largest absolute Gasteiger partial charge is 0.493 e. The number of halogens is 4. The van der Waals surface area contributed by atoms with Gasteiger partial charge >= 0.3 is 17.1 Å². The smallest absolute Gasteiger partial charge is 0.416 e. The Hall–Kier alpha value is -3.64. The normalized spacial score (nSPS) is 17.6. The summed E-state index contributed by atoms with van der Waals surface area (Å²) >= 11 is 6.66. The van der Waals surface area contributed by atoms with Crippen LogP contribution in [0.1, 0.15) is 61.2 Å². The summed E-state index contributed by atoms with van der Waals surface area (Å²) in [6, 6.07) is 8.06. The second kappa shape index (κ2) is 11.2. The summed E-state index contributed by atoms with van der Waals surface area (Å²) in [6.45, 7) is 5.85. The lowest BCUT2D eigenvalue weighted by Gasteiger charge is -2.34. The van der Waals surface area contributed by atoms with Crippen LogP contribution in [0.4, 0.5) is 18.0 Å². The molecular weight excluding hydrogens is 593 g/mol. The molecule has 1 fully saturated rings. The van der Waals surface area contributed by atoms with Gasteiger partial charge < -0.3 is 14.7 Å². The van der Waals surface area contributed by atoms with Gasteiger partial charge in [-0.3, -0.25) is 9.36 Å². The second-order valence-electron chi connectivity index (χ2n) is 11.2. The summed E-state index contributed by atoms with van der Waals surface area (Å²) in [5.74, 6) is -0.364. The second-order valence-corrected chi connectivity index (χ2v) is 12.6. The van der Waals surface area contributed by atoms with Gasteiger partial charge in [-0.15, -0.1) is 0 Å². The number of nitrogens with zero attached hydrogens (tertiary/aromatic N) is 4. The van der Waals surface area contributed by atoms with Crippen LogP contribution in [-0.2, 0) is 17.3 Å². The highest BCUT2D eigenvalue weighted by Crippen LogP contribution is 2.38. The van der Waals surface area contributed by atoms with Crippen molar-refractivity contribution in [2.75, 3.05) is 13.1 Å². The van der Waals surface area contributed by atoms with Crippen molar-refractivity contribution in [3.05, 3.63) is 83.2 Å². The molecule has 0 radical (unpaired) electrons. The van der Waals surface area contributed by atoms with Gasteiger partial charge in [-0.25, -0.2) is 4.79 Å². The molecule has 13 heteroatoms. The molecule has 0 saturated carbocycles. The zero-order valence-corrected chi connectivity index (χ0v) is 24.6. The number of hydrogen-bond donors (Lipinski definition) is 1. The SMILES string of the molecule is CC(C)(C)OC(=O)N1CCCC(n2c(O)c(C(Cc3ccc(Cl)cc3C(F)(F)F)=c3ccc4c(c3)C=NN=4)sc2=O)C1. The fourth-order valence-corrected chi connectivity index (χ4v) is 6.30. The van der Waals surface area contributed by atoms with Crippen molar-refractivity contribution >= 4 is 40.8 Å². The fraction of sp³-hybridized carbons (Fsp3) is 0.379. The molecular formula is C29H28ClF3N4O4S. The summed E-state index contributed by atoms with van der Waals surface area (Å²) in [4.78, 5) is 27.2. The van der Waals surface area contributed by atoms with Crippen molar-refractivity contribution in [1.82, 2.24) is 9.47 Å². The highest BCUT2D eigenvalue weighted by atomic mass is 35.5. The third-order valence-corrected chi connectivity index (χ3v) is 8.23. The lowest BCUT2D eigenvalue weighted by Crippen LogP contribution is -2.44. The summed E-state index contributed by atoms with van der Waals surface area (Å²) < 4.78 is 48.8. The first-order chi connectivity index (χ1) is 19.7. The number of aromatic nitrogens is 1. The maximum atomic E-state index is 14.0. The average Bonchev–Trinajstić information content (AvgIpc) is 3.49. The molecule has 0 aliphatic carbocycles. The van der Waals surface area contributed by atoms with E-state index in [-0.39, 0.29) is 34.3 Å². The van der Waals surface area contributed by atoms with Crippen LogP contribution >= 0.6 is 22.9 Å². The number of carbonyl (C=O) groups is 1. The zero-order valence-electron chi connectivity index (χ0n) is 23.0. The molecule has 2 aromatic carbocycles. The molecule has 0 spiro atoms. The van der Waals surface area contributed by atoms with Crippen molar-refractivity contribution in [1.29, 1.82) is 0 Å². The number of carbonyl (C=O) groups excluding carboxylic acids is 1. The molecule has 5 rings (SSSR count). The van der Waals surface area contributed by atoms with Crippen LogP contribution in [0.15, 0.2) is 51.4 Å². The van der Waals surface area contributed by atoms with Crippen LogP contribution in [0.2, 0.25) is 5.02 Å². The highest BCUT2D eigenvalue weighted by molar-refractivity contribution is 7.10. The molecule has 42 heavy (non-hydrogen) atoms. The number of likely N-dealkylation sites (tertiary alicyclic amines) is 1. The summed E-state index contributed by atoms with van der Waals surface area (Å²) in [7, 11) is 0. The van der Waals surface area contributed by atoms with E-state index < -0.39 is 34.3 Å². The Morgan fingerprint density at radius 3 is 2.67 bits per heavy atom. The molecule has 1 aromatic heterocycles. The van der Waals surface area contributed by atoms with E-state index in [4.69, 9.17) is 16.3 Å². The molecule has 1 saturated heterocycles. The van der Waals surface area contributed by atoms with Crippen molar-refractivity contribution in [2.24, 2.45) is 10.2 Å². The van der Waals surface area contributed by atoms with Gasteiger partial charge in [-0.2, -0.15) is 23.4 Å². The molecule has 1 atom stereocenters. The van der Waals surface area contributed by atoms with E-state index in [1.807, 2.05) is 0 Å². The van der Waals surface area contributed by atoms with Crippen molar-refractivity contribution in [3.63, 3.8) is 0 Å². The van der Waals surface area contributed by atoms with Crippen molar-refractivity contribution < 1.29 is 27.8 Å². The van der Waals surface area contributed by atoms with E-state index in [0.717, 1.165) is 17.4 Å². The summed E-state index contributed by atoms with van der Waals surface area (Å²) in [5.41, 5.74) is -0.696. The quantitative estimate of drug-likeness (QED) is 0.430. The van der Waals surface area contributed by atoms with Gasteiger partial charge in [0.25, 0.3) is 0 Å². The maximum Gasteiger partial charge on any atom is 0.416 e. The summed E-state index contributed by atoms with van der Waals surface area (Å²) in [6.07, 6.45) is -2.82. The van der Waals surface area contributed by atoms with Gasteiger partial charge in [0.1, 0.15) is 5.60 Å². The molecule has 3 aromatic rings. The molecule has 1 N–H and O–H groups in total. The van der Waals surface area contributed by atoms with Gasteiger partial charge in [0.05, 0.1) is 28.1 Å². The Bertz CT molecular complexity index is 1760. The van der Waals surface area contributed by atoms with E-state index in [1.165, 1.54) is 27.8 Å². The predicted octanol–water partition coefficient (Wildman–Crippen LogP) is 5.27. The van der Waals surface area contributed by atoms with Crippen molar-refractivity contribution in [2.45, 2.75) is 57.9 Å². The Labute approximate surface area is 248 Å². The number of ether oxygens (including phenoxy) is 1. The monoisotopic (exact) mass is 620 g/mol. The van der Waals surface area contributed by atoms with Crippen LogP contribution in [0.5, 0.6) is 5.88 Å². The number of benzene rings is 2. The predicted molar refractivity (Wildman–Crippen MR) is 154 cm³/mol. The van der Waals surface area contributed by atoms with Gasteiger partial charge in [0.15, 0.2) is 0 Å². The van der Waals surface area contributed by atoms with E-state index in [2.05, 4.69) is 10.2 Å². The van der Waals surface area contributed by atoms with Crippen LogP contribution in [0, 0.1) is 0 Å². The number of piperidine rings is 1. The maximum absolute atomic E-state index is 14.0. The topological polar surface area (TPSA) is 96.5 Å². The van der Waals surface area contributed by atoms with Crippen LogP contribution in [-0.4, -0.2) is 45.6 Å². The molecule has 2 aliphatic heterocycles. The molecule has 0 bridgehead atoms. The lowest BCUT2D eigenvalue weighted by molar-refractivity contribution is -0.138. The number of alkyl halides is 3. The van der Waals surface area contributed by atoms with Crippen molar-refractivity contribution in [3.8, 4) is 5.88 Å². The fourth-order valence-electron chi connectivity index (χ4n) is 5.11. The van der Waals surface area contributed by atoms with E-state index >= 15 is 0 Å². The van der Waals surface area contributed by atoms with Crippen LogP contribution in [0.25, 0.3) is 5.57 Å². The Kier molecular flexibility index (Phi) is 7.97. The number of aromatic hydroxyl groups is 1. The first-order valence-electron chi connectivity index (χ1n) is 13.2. The minimum absolute atomic E-state index is 0.0616. The molecule has 1 amide bonds. The van der Waals surface area contributed by atoms with Gasteiger partial charge in [0.2, 0.25) is 5.88 Å². The summed E-state index contributed by atoms with van der Waals surface area (Å²) in [5, 5.41) is 20.4. The number of amides is 1. The molecule has 222 valence electrons.